The molecule has 0 radical (unpaired) electrons. The van der Waals surface area contributed by atoms with Gasteiger partial charge < -0.3 is 19.7 Å². The molecule has 0 heterocycles. The van der Waals surface area contributed by atoms with Crippen molar-refractivity contribution in [2.24, 2.45) is 0 Å². The normalized spacial score (nSPS) is 11.7. The van der Waals surface area contributed by atoms with Gasteiger partial charge in [0.25, 0.3) is 0 Å². The van der Waals surface area contributed by atoms with E-state index in [1.165, 1.54) is 19.1 Å². The minimum atomic E-state index is -1.13. The van der Waals surface area contributed by atoms with Crippen molar-refractivity contribution in [3.05, 3.63) is 29.8 Å². The van der Waals surface area contributed by atoms with Gasteiger partial charge in [-0.1, -0.05) is 12.1 Å². The van der Waals surface area contributed by atoms with Gasteiger partial charge in [-0.2, -0.15) is 0 Å². The topological polar surface area (TPSA) is 93.1 Å². The first-order valence-electron chi connectivity index (χ1n) is 5.28. The van der Waals surface area contributed by atoms with Crippen molar-refractivity contribution >= 4 is 11.9 Å². The van der Waals surface area contributed by atoms with E-state index in [2.05, 4.69) is 0 Å². The molecule has 6 nitrogen and oxygen atoms in total. The summed E-state index contributed by atoms with van der Waals surface area (Å²) in [5.74, 6) is -1.20. The number of benzene rings is 1. The number of ether oxygens (including phenoxy) is 2. The second kappa shape index (κ2) is 6.73. The molecule has 0 saturated heterocycles. The molecule has 0 amide bonds. The van der Waals surface area contributed by atoms with Crippen LogP contribution in [0.4, 0.5) is 0 Å². The van der Waals surface area contributed by atoms with Crippen molar-refractivity contribution in [3.63, 3.8) is 0 Å². The van der Waals surface area contributed by atoms with E-state index in [0.717, 1.165) is 0 Å². The Kier molecular flexibility index (Phi) is 5.29. The van der Waals surface area contributed by atoms with Crippen LogP contribution in [-0.4, -0.2) is 41.5 Å². The zero-order valence-corrected chi connectivity index (χ0v) is 9.83. The summed E-state index contributed by atoms with van der Waals surface area (Å²) in [6.45, 7) is 0.389. The Balaban J connectivity index is 2.75. The summed E-state index contributed by atoms with van der Waals surface area (Å²) in [5, 5.41) is 17.6. The highest BCUT2D eigenvalue weighted by atomic mass is 16.6. The van der Waals surface area contributed by atoms with Crippen molar-refractivity contribution in [3.8, 4) is 5.75 Å². The zero-order valence-electron chi connectivity index (χ0n) is 9.83. The summed E-state index contributed by atoms with van der Waals surface area (Å²) in [4.78, 5) is 22.5. The molecule has 0 unspecified atom stereocenters. The van der Waals surface area contributed by atoms with Gasteiger partial charge in [0.2, 0.25) is 0 Å². The van der Waals surface area contributed by atoms with Gasteiger partial charge in [0.15, 0.2) is 0 Å². The minimum Gasteiger partial charge on any atom is -0.459 e. The molecule has 0 aromatic heterocycles. The number of carbonyl (C=O) groups is 2. The quantitative estimate of drug-likeness (QED) is 0.572. The van der Waals surface area contributed by atoms with Gasteiger partial charge in [-0.05, 0) is 12.1 Å². The van der Waals surface area contributed by atoms with Crippen LogP contribution in [0.5, 0.6) is 5.75 Å². The molecule has 1 aromatic rings. The summed E-state index contributed by atoms with van der Waals surface area (Å²) in [6.07, 6.45) is -1.13. The second-order valence-corrected chi connectivity index (χ2v) is 3.52. The molecular weight excluding hydrogens is 240 g/mol. The fourth-order valence-electron chi connectivity index (χ4n) is 1.18. The number of para-hydroxylation sites is 1. The van der Waals surface area contributed by atoms with Crippen LogP contribution in [0, 0.1) is 0 Å². The standard InChI is InChI=1S/C12H14O6/c1-8(14)18-11-5-3-2-4-10(11)12(16)17-7-9(15)6-13/h2-5,9,13,15H,6-7H2,1H3/t9-/m0/s1. The van der Waals surface area contributed by atoms with E-state index in [1.807, 2.05) is 0 Å². The van der Waals surface area contributed by atoms with Gasteiger partial charge in [0, 0.05) is 6.92 Å². The molecule has 0 bridgehead atoms. The average molecular weight is 254 g/mol. The van der Waals surface area contributed by atoms with E-state index in [4.69, 9.17) is 19.7 Å². The van der Waals surface area contributed by atoms with Crippen LogP contribution < -0.4 is 4.74 Å². The molecular formula is C12H14O6. The van der Waals surface area contributed by atoms with E-state index < -0.39 is 24.6 Å². The first-order chi connectivity index (χ1) is 8.54. The van der Waals surface area contributed by atoms with E-state index in [1.54, 1.807) is 12.1 Å². The average Bonchev–Trinajstić information content (AvgIpc) is 2.35. The van der Waals surface area contributed by atoms with E-state index >= 15 is 0 Å². The van der Waals surface area contributed by atoms with Crippen molar-refractivity contribution in [2.75, 3.05) is 13.2 Å². The van der Waals surface area contributed by atoms with Crippen LogP contribution in [0.15, 0.2) is 24.3 Å². The lowest BCUT2D eigenvalue weighted by atomic mass is 10.2. The van der Waals surface area contributed by atoms with Crippen molar-refractivity contribution in [1.29, 1.82) is 0 Å². The SMILES string of the molecule is CC(=O)Oc1ccccc1C(=O)OC[C@@H](O)CO. The first kappa shape index (κ1) is 14.1. The number of aliphatic hydroxyl groups excluding tert-OH is 2. The third kappa shape index (κ3) is 4.15. The van der Waals surface area contributed by atoms with E-state index in [9.17, 15) is 9.59 Å². The number of hydrogen-bond donors (Lipinski definition) is 2. The molecule has 98 valence electrons. The minimum absolute atomic E-state index is 0.0813. The third-order valence-electron chi connectivity index (χ3n) is 1.98. The number of carbonyl (C=O) groups excluding carboxylic acids is 2. The van der Waals surface area contributed by atoms with Gasteiger partial charge in [-0.25, -0.2) is 4.79 Å². The fourth-order valence-corrected chi connectivity index (χ4v) is 1.18. The third-order valence-corrected chi connectivity index (χ3v) is 1.98. The zero-order chi connectivity index (χ0) is 13.5. The van der Waals surface area contributed by atoms with Crippen molar-refractivity contribution in [1.82, 2.24) is 0 Å². The highest BCUT2D eigenvalue weighted by molar-refractivity contribution is 5.93. The molecule has 0 aliphatic rings. The highest BCUT2D eigenvalue weighted by Crippen LogP contribution is 2.19. The number of aliphatic hydroxyl groups is 2. The van der Waals surface area contributed by atoms with Crippen LogP contribution in [0.3, 0.4) is 0 Å². The predicted octanol–water partition coefficient (Wildman–Crippen LogP) is 0.122. The Hall–Kier alpha value is -1.92. The summed E-state index contributed by atoms with van der Waals surface area (Å²) in [7, 11) is 0. The number of esters is 2. The number of rotatable bonds is 5. The molecule has 0 aliphatic carbocycles. The van der Waals surface area contributed by atoms with Gasteiger partial charge in [0.05, 0.1) is 6.61 Å². The van der Waals surface area contributed by atoms with Crippen LogP contribution >= 0.6 is 0 Å². The molecule has 0 aliphatic heterocycles. The summed E-state index contributed by atoms with van der Waals surface area (Å²) >= 11 is 0. The predicted molar refractivity (Wildman–Crippen MR) is 61.1 cm³/mol. The van der Waals surface area contributed by atoms with Gasteiger partial charge in [-0.3, -0.25) is 4.79 Å². The Bertz CT molecular complexity index is 428. The molecule has 2 N–H and O–H groups in total. The molecule has 0 spiro atoms. The van der Waals surface area contributed by atoms with E-state index in [-0.39, 0.29) is 17.9 Å². The molecule has 6 heteroatoms. The highest BCUT2D eigenvalue weighted by Gasteiger charge is 2.16. The Morgan fingerprint density at radius 2 is 2.00 bits per heavy atom. The Labute approximate surface area is 104 Å². The molecule has 1 atom stereocenters. The van der Waals surface area contributed by atoms with Crippen molar-refractivity contribution < 1.29 is 29.3 Å². The summed E-state index contributed by atoms with van der Waals surface area (Å²) < 4.78 is 9.61. The van der Waals surface area contributed by atoms with Gasteiger partial charge >= 0.3 is 11.9 Å². The van der Waals surface area contributed by atoms with Crippen LogP contribution in [-0.2, 0) is 9.53 Å². The molecule has 1 rings (SSSR count). The van der Waals surface area contributed by atoms with Crippen LogP contribution in [0.2, 0.25) is 0 Å². The lowest BCUT2D eigenvalue weighted by Crippen LogP contribution is -2.22. The smallest absolute Gasteiger partial charge is 0.342 e. The lowest BCUT2D eigenvalue weighted by Gasteiger charge is -2.10. The monoisotopic (exact) mass is 254 g/mol. The molecule has 0 saturated carbocycles. The second-order valence-electron chi connectivity index (χ2n) is 3.52. The summed E-state index contributed by atoms with van der Waals surface area (Å²) in [5.41, 5.74) is 0.0813. The number of hydrogen-bond acceptors (Lipinski definition) is 6. The maximum absolute atomic E-state index is 11.7. The maximum Gasteiger partial charge on any atom is 0.342 e. The summed E-state index contributed by atoms with van der Waals surface area (Å²) in [6, 6.07) is 6.09. The van der Waals surface area contributed by atoms with Crippen LogP contribution in [0.25, 0.3) is 0 Å². The van der Waals surface area contributed by atoms with Gasteiger partial charge in [0.1, 0.15) is 24.0 Å². The molecule has 1 aromatic carbocycles. The lowest BCUT2D eigenvalue weighted by molar-refractivity contribution is -0.131. The van der Waals surface area contributed by atoms with Crippen LogP contribution in [0.1, 0.15) is 17.3 Å². The first-order valence-corrected chi connectivity index (χ1v) is 5.28. The van der Waals surface area contributed by atoms with Crippen molar-refractivity contribution in [2.45, 2.75) is 13.0 Å². The molecule has 18 heavy (non-hydrogen) atoms. The Morgan fingerprint density at radius 1 is 1.33 bits per heavy atom. The molecule has 0 fully saturated rings. The Morgan fingerprint density at radius 3 is 2.61 bits per heavy atom. The maximum atomic E-state index is 11.7. The fraction of sp³-hybridized carbons (Fsp3) is 0.333. The van der Waals surface area contributed by atoms with E-state index in [0.29, 0.717) is 0 Å². The van der Waals surface area contributed by atoms with Gasteiger partial charge in [-0.15, -0.1) is 0 Å². The largest absolute Gasteiger partial charge is 0.459 e.